The Bertz CT molecular complexity index is 336. The minimum absolute atomic E-state index is 1.03. The van der Waals surface area contributed by atoms with Crippen LogP contribution in [0.5, 0.6) is 0 Å². The molecule has 0 fully saturated rings. The highest BCUT2D eigenvalue weighted by Gasteiger charge is 1.92. The maximum absolute atomic E-state index is 3.26. The number of unbranched alkanes of at least 4 members (excludes halogenated alkanes) is 10. The molecule has 1 aromatic rings. The largest absolute Gasteiger partial charge is 0.0882 e. The quantitative estimate of drug-likeness (QED) is 0.273. The molecule has 0 spiro atoms. The zero-order valence-electron chi connectivity index (χ0n) is 13.9. The predicted octanol–water partition coefficient (Wildman–Crippen LogP) is 6.90. The van der Waals surface area contributed by atoms with E-state index in [9.17, 15) is 0 Å². The summed E-state index contributed by atoms with van der Waals surface area (Å²) < 4.78 is 0. The van der Waals surface area contributed by atoms with Gasteiger partial charge in [-0.3, -0.25) is 0 Å². The first-order valence-electron chi connectivity index (χ1n) is 9.04. The molecule has 1 radical (unpaired) electrons. The number of allylic oxidation sites excluding steroid dienone is 2. The summed E-state index contributed by atoms with van der Waals surface area (Å²) >= 11 is 0. The van der Waals surface area contributed by atoms with Crippen molar-refractivity contribution in [3.05, 3.63) is 48.0 Å². The van der Waals surface area contributed by atoms with Crippen molar-refractivity contribution in [2.45, 2.75) is 84.0 Å². The van der Waals surface area contributed by atoms with E-state index in [0.29, 0.717) is 0 Å². The summed E-state index contributed by atoms with van der Waals surface area (Å²) in [5.41, 5.74) is 1.29. The first kappa shape index (κ1) is 18.0. The molecular formula is C21H33. The average molecular weight is 285 g/mol. The van der Waals surface area contributed by atoms with Crippen molar-refractivity contribution in [2.75, 3.05) is 0 Å². The van der Waals surface area contributed by atoms with Gasteiger partial charge in [-0.25, -0.2) is 0 Å². The van der Waals surface area contributed by atoms with Crippen LogP contribution in [0.25, 0.3) is 0 Å². The monoisotopic (exact) mass is 285 g/mol. The molecule has 0 heteroatoms. The van der Waals surface area contributed by atoms with Crippen molar-refractivity contribution in [1.82, 2.24) is 0 Å². The molecule has 0 N–H and O–H groups in total. The van der Waals surface area contributed by atoms with Gasteiger partial charge in [-0.05, 0) is 30.9 Å². The summed E-state index contributed by atoms with van der Waals surface area (Å²) in [5, 5.41) is 0. The summed E-state index contributed by atoms with van der Waals surface area (Å²) in [6, 6.07) is 11.5. The zero-order valence-corrected chi connectivity index (χ0v) is 13.9. The van der Waals surface area contributed by atoms with Gasteiger partial charge in [0.1, 0.15) is 0 Å². The van der Waals surface area contributed by atoms with Crippen LogP contribution in [0, 0.1) is 6.07 Å². The molecule has 0 aromatic heterocycles. The maximum atomic E-state index is 3.26. The molecule has 0 bridgehead atoms. The van der Waals surface area contributed by atoms with E-state index in [0.717, 1.165) is 6.42 Å². The normalized spacial score (nSPS) is 11.3. The van der Waals surface area contributed by atoms with Crippen molar-refractivity contribution in [3.8, 4) is 0 Å². The predicted molar refractivity (Wildman–Crippen MR) is 94.6 cm³/mol. The van der Waals surface area contributed by atoms with Crippen LogP contribution < -0.4 is 0 Å². The van der Waals surface area contributed by atoms with Crippen molar-refractivity contribution < 1.29 is 0 Å². The van der Waals surface area contributed by atoms with Gasteiger partial charge in [-0.1, -0.05) is 101 Å². The highest BCUT2D eigenvalue weighted by atomic mass is 14.0. The van der Waals surface area contributed by atoms with E-state index < -0.39 is 0 Å². The van der Waals surface area contributed by atoms with Gasteiger partial charge in [0, 0.05) is 0 Å². The Hall–Kier alpha value is -1.04. The smallest absolute Gasteiger partial charge is 0.00913 e. The molecule has 0 atom stereocenters. The second-order valence-corrected chi connectivity index (χ2v) is 6.03. The molecule has 0 unspecified atom stereocenters. The Morgan fingerprint density at radius 1 is 0.810 bits per heavy atom. The lowest BCUT2D eigenvalue weighted by Crippen LogP contribution is -1.82. The molecule has 0 saturated carbocycles. The summed E-state index contributed by atoms with van der Waals surface area (Å²) in [5.74, 6) is 0. The topological polar surface area (TPSA) is 0 Å². The number of rotatable bonds is 13. The van der Waals surface area contributed by atoms with Crippen molar-refractivity contribution in [3.63, 3.8) is 0 Å². The van der Waals surface area contributed by atoms with Gasteiger partial charge < -0.3 is 0 Å². The standard InChI is InChI=1S/C21H33/c1-2-3-4-5-6-7-8-9-10-11-12-13-15-18-21-19-16-14-17-20-21/h13-17,19H,2-12,18H2,1H3. The van der Waals surface area contributed by atoms with Crippen molar-refractivity contribution in [2.24, 2.45) is 0 Å². The van der Waals surface area contributed by atoms with E-state index in [1.54, 1.807) is 0 Å². The summed E-state index contributed by atoms with van der Waals surface area (Å²) in [4.78, 5) is 0. The van der Waals surface area contributed by atoms with Gasteiger partial charge in [0.25, 0.3) is 0 Å². The molecule has 1 aromatic carbocycles. The Morgan fingerprint density at radius 2 is 1.48 bits per heavy atom. The maximum Gasteiger partial charge on any atom is -0.00913 e. The van der Waals surface area contributed by atoms with Crippen LogP contribution in [0.4, 0.5) is 0 Å². The Labute approximate surface area is 132 Å². The fourth-order valence-corrected chi connectivity index (χ4v) is 2.64. The lowest BCUT2D eigenvalue weighted by atomic mass is 10.1. The minimum atomic E-state index is 1.03. The lowest BCUT2D eigenvalue weighted by Gasteiger charge is -2.01. The van der Waals surface area contributed by atoms with Crippen LogP contribution in [0.2, 0.25) is 0 Å². The molecule has 0 saturated heterocycles. The van der Waals surface area contributed by atoms with Crippen molar-refractivity contribution in [1.29, 1.82) is 0 Å². The summed E-state index contributed by atoms with van der Waals surface area (Å²) in [7, 11) is 0. The molecule has 0 amide bonds. The third-order valence-corrected chi connectivity index (χ3v) is 4.00. The van der Waals surface area contributed by atoms with Crippen LogP contribution in [0.1, 0.15) is 83.1 Å². The SMILES string of the molecule is CCCCCCCCCCCCC=CCc1[c]cccc1. The third kappa shape index (κ3) is 11.3. The molecule has 1 rings (SSSR count). The first-order chi connectivity index (χ1) is 10.4. The summed E-state index contributed by atoms with van der Waals surface area (Å²) in [6.45, 7) is 2.28. The Morgan fingerprint density at radius 3 is 2.10 bits per heavy atom. The lowest BCUT2D eigenvalue weighted by molar-refractivity contribution is 0.557. The fraction of sp³-hybridized carbons (Fsp3) is 0.619. The summed E-state index contributed by atoms with van der Waals surface area (Å²) in [6.07, 6.45) is 21.1. The third-order valence-electron chi connectivity index (χ3n) is 4.00. The van der Waals surface area contributed by atoms with E-state index >= 15 is 0 Å². The second kappa shape index (κ2) is 13.9. The number of benzene rings is 1. The molecule has 0 nitrogen and oxygen atoms in total. The van der Waals surface area contributed by atoms with Crippen molar-refractivity contribution >= 4 is 0 Å². The van der Waals surface area contributed by atoms with Crippen LogP contribution in [0.3, 0.4) is 0 Å². The van der Waals surface area contributed by atoms with E-state index in [-0.39, 0.29) is 0 Å². The van der Waals surface area contributed by atoms with E-state index in [1.807, 2.05) is 12.1 Å². The van der Waals surface area contributed by atoms with Crippen LogP contribution in [-0.2, 0) is 6.42 Å². The highest BCUT2D eigenvalue weighted by Crippen LogP contribution is 2.11. The molecule has 0 aliphatic rings. The fourth-order valence-electron chi connectivity index (χ4n) is 2.64. The molecule has 117 valence electrons. The molecular weight excluding hydrogens is 252 g/mol. The molecule has 21 heavy (non-hydrogen) atoms. The van der Waals surface area contributed by atoms with Gasteiger partial charge in [0.15, 0.2) is 0 Å². The Kier molecular flexibility index (Phi) is 11.9. The zero-order chi connectivity index (χ0) is 15.0. The Balaban J connectivity index is 1.82. The average Bonchev–Trinajstić information content (AvgIpc) is 2.53. The number of hydrogen-bond donors (Lipinski definition) is 0. The second-order valence-electron chi connectivity index (χ2n) is 6.03. The highest BCUT2D eigenvalue weighted by molar-refractivity contribution is 5.15. The first-order valence-corrected chi connectivity index (χ1v) is 9.04. The molecule has 0 heterocycles. The van der Waals surface area contributed by atoms with E-state index in [1.165, 1.54) is 76.2 Å². The number of hydrogen-bond acceptors (Lipinski definition) is 0. The van der Waals surface area contributed by atoms with E-state index in [4.69, 9.17) is 0 Å². The molecule has 0 aliphatic carbocycles. The van der Waals surface area contributed by atoms with Gasteiger partial charge in [-0.15, -0.1) is 0 Å². The van der Waals surface area contributed by atoms with Gasteiger partial charge in [0.05, 0.1) is 0 Å². The van der Waals surface area contributed by atoms with Crippen LogP contribution in [-0.4, -0.2) is 0 Å². The van der Waals surface area contributed by atoms with Gasteiger partial charge >= 0.3 is 0 Å². The van der Waals surface area contributed by atoms with Gasteiger partial charge in [0.2, 0.25) is 0 Å². The van der Waals surface area contributed by atoms with E-state index in [2.05, 4.69) is 37.3 Å². The molecule has 0 aliphatic heterocycles. The van der Waals surface area contributed by atoms with Crippen LogP contribution >= 0.6 is 0 Å². The minimum Gasteiger partial charge on any atom is -0.0882 e. The van der Waals surface area contributed by atoms with Gasteiger partial charge in [-0.2, -0.15) is 0 Å². The van der Waals surface area contributed by atoms with Crippen LogP contribution in [0.15, 0.2) is 36.4 Å².